The van der Waals surface area contributed by atoms with Gasteiger partial charge in [-0.15, -0.1) is 0 Å². The van der Waals surface area contributed by atoms with Crippen molar-refractivity contribution in [3.8, 4) is 0 Å². The van der Waals surface area contributed by atoms with Gasteiger partial charge in [0.05, 0.1) is 0 Å². The molecule has 0 aliphatic heterocycles. The minimum absolute atomic E-state index is 0.183. The Morgan fingerprint density at radius 1 is 1.11 bits per heavy atom. The Morgan fingerprint density at radius 2 is 1.86 bits per heavy atom. The van der Waals surface area contributed by atoms with Crippen molar-refractivity contribution in [3.05, 3.63) is 41.9 Å². The van der Waals surface area contributed by atoms with Gasteiger partial charge in [0, 0.05) is 37.1 Å². The number of aromatic nitrogens is 2. The summed E-state index contributed by atoms with van der Waals surface area (Å²) in [5.41, 5.74) is 3.65. The van der Waals surface area contributed by atoms with Gasteiger partial charge in [-0.2, -0.15) is 0 Å². The third kappa shape index (κ3) is 6.20. The molecule has 7 nitrogen and oxygen atoms in total. The van der Waals surface area contributed by atoms with E-state index in [-0.39, 0.29) is 5.91 Å². The Bertz CT molecular complexity index is 773. The van der Waals surface area contributed by atoms with E-state index in [1.165, 1.54) is 12.0 Å². The zero-order valence-electron chi connectivity index (χ0n) is 17.6. The van der Waals surface area contributed by atoms with E-state index in [2.05, 4.69) is 63.3 Å². The molecule has 1 amide bonds. The monoisotopic (exact) mass is 384 g/mol. The lowest BCUT2D eigenvalue weighted by Crippen LogP contribution is -2.27. The second kappa shape index (κ2) is 10.6. The van der Waals surface area contributed by atoms with Gasteiger partial charge in [-0.1, -0.05) is 0 Å². The molecule has 0 atom stereocenters. The van der Waals surface area contributed by atoms with E-state index in [1.54, 1.807) is 6.07 Å². The molecule has 1 aromatic heterocycles. The van der Waals surface area contributed by atoms with Crippen LogP contribution in [0.5, 0.6) is 0 Å². The first-order valence-corrected chi connectivity index (χ1v) is 9.82. The van der Waals surface area contributed by atoms with E-state index >= 15 is 0 Å². The average Bonchev–Trinajstić information content (AvgIpc) is 2.68. The van der Waals surface area contributed by atoms with E-state index in [1.807, 2.05) is 20.2 Å². The number of nitrogens with zero attached hydrogens (tertiary/aromatic N) is 4. The van der Waals surface area contributed by atoms with Crippen molar-refractivity contribution < 1.29 is 4.79 Å². The first kappa shape index (κ1) is 21.6. The van der Waals surface area contributed by atoms with Crippen LogP contribution in [0, 0.1) is 6.92 Å². The van der Waals surface area contributed by atoms with Crippen molar-refractivity contribution in [2.45, 2.75) is 27.2 Å². The van der Waals surface area contributed by atoms with Crippen molar-refractivity contribution in [1.82, 2.24) is 20.2 Å². The van der Waals surface area contributed by atoms with Gasteiger partial charge < -0.3 is 20.4 Å². The molecule has 152 valence electrons. The van der Waals surface area contributed by atoms with Crippen molar-refractivity contribution in [3.63, 3.8) is 0 Å². The number of benzene rings is 1. The number of hydrogen-bond acceptors (Lipinski definition) is 6. The van der Waals surface area contributed by atoms with Crippen molar-refractivity contribution in [2.24, 2.45) is 0 Å². The fourth-order valence-electron chi connectivity index (χ4n) is 2.95. The zero-order chi connectivity index (χ0) is 20.5. The summed E-state index contributed by atoms with van der Waals surface area (Å²) in [6.07, 6.45) is 2.31. The summed E-state index contributed by atoms with van der Waals surface area (Å²) in [5.74, 6) is 0.421. The lowest BCUT2D eigenvalue weighted by molar-refractivity contribution is 0.0947. The van der Waals surface area contributed by atoms with Crippen molar-refractivity contribution in [1.29, 1.82) is 0 Å². The number of nitrogens with one attached hydrogen (secondary N) is 2. The molecule has 0 spiro atoms. The Morgan fingerprint density at radius 3 is 2.50 bits per heavy atom. The largest absolute Gasteiger partial charge is 0.372 e. The van der Waals surface area contributed by atoms with Gasteiger partial charge in [0.2, 0.25) is 0 Å². The van der Waals surface area contributed by atoms with Gasteiger partial charge >= 0.3 is 0 Å². The standard InChI is InChI=1S/C21H32N6O/c1-6-27(7-2)17-9-10-18(16(3)13-17)25-20-14-19(23-15-24-20)21(28)22-11-8-12-26(4)5/h9-10,13-15H,6-8,11-12H2,1-5H3,(H,22,28)(H,23,24,25). The molecule has 0 saturated carbocycles. The molecular formula is C21H32N6O. The van der Waals surface area contributed by atoms with E-state index in [4.69, 9.17) is 0 Å². The van der Waals surface area contributed by atoms with E-state index < -0.39 is 0 Å². The molecule has 28 heavy (non-hydrogen) atoms. The second-order valence-corrected chi connectivity index (χ2v) is 7.00. The molecule has 7 heteroatoms. The van der Waals surface area contributed by atoms with Crippen molar-refractivity contribution >= 4 is 23.1 Å². The summed E-state index contributed by atoms with van der Waals surface area (Å²) in [5, 5.41) is 6.20. The first-order valence-electron chi connectivity index (χ1n) is 9.82. The van der Waals surface area contributed by atoms with Gasteiger partial charge in [-0.25, -0.2) is 9.97 Å². The average molecular weight is 385 g/mol. The van der Waals surface area contributed by atoms with E-state index in [0.29, 0.717) is 18.1 Å². The van der Waals surface area contributed by atoms with Gasteiger partial charge in [0.25, 0.3) is 5.91 Å². The Labute approximate surface area is 168 Å². The van der Waals surface area contributed by atoms with Gasteiger partial charge in [-0.05, 0) is 71.6 Å². The van der Waals surface area contributed by atoms with Crippen LogP contribution in [0.15, 0.2) is 30.6 Å². The fraction of sp³-hybridized carbons (Fsp3) is 0.476. The number of anilines is 3. The number of carbonyl (C=O) groups is 1. The highest BCUT2D eigenvalue weighted by Gasteiger charge is 2.10. The zero-order valence-corrected chi connectivity index (χ0v) is 17.6. The molecule has 0 fully saturated rings. The summed E-state index contributed by atoms with van der Waals surface area (Å²) in [6, 6.07) is 7.99. The Kier molecular flexibility index (Phi) is 8.19. The molecule has 0 bridgehead atoms. The molecule has 2 rings (SSSR count). The predicted octanol–water partition coefficient (Wildman–Crippen LogP) is 3.06. The Balaban J connectivity index is 2.03. The minimum Gasteiger partial charge on any atom is -0.372 e. The minimum atomic E-state index is -0.183. The molecule has 1 aromatic carbocycles. The Hall–Kier alpha value is -2.67. The topological polar surface area (TPSA) is 73.4 Å². The van der Waals surface area contributed by atoms with Crippen LogP contribution in [0.2, 0.25) is 0 Å². The highest BCUT2D eigenvalue weighted by molar-refractivity contribution is 5.93. The van der Waals surface area contributed by atoms with Crippen LogP contribution in [-0.4, -0.2) is 61.0 Å². The fourth-order valence-corrected chi connectivity index (χ4v) is 2.95. The van der Waals surface area contributed by atoms with Crippen LogP contribution in [-0.2, 0) is 0 Å². The maximum absolute atomic E-state index is 12.3. The molecule has 1 heterocycles. The summed E-state index contributed by atoms with van der Waals surface area (Å²) in [6.45, 7) is 9.87. The second-order valence-electron chi connectivity index (χ2n) is 7.00. The lowest BCUT2D eigenvalue weighted by Gasteiger charge is -2.22. The van der Waals surface area contributed by atoms with Gasteiger partial charge in [-0.3, -0.25) is 4.79 Å². The molecule has 2 N–H and O–H groups in total. The quantitative estimate of drug-likeness (QED) is 0.614. The van der Waals surface area contributed by atoms with Gasteiger partial charge in [0.1, 0.15) is 17.8 Å². The van der Waals surface area contributed by atoms with E-state index in [9.17, 15) is 4.79 Å². The molecule has 0 aliphatic carbocycles. The number of amides is 1. The summed E-state index contributed by atoms with van der Waals surface area (Å²) < 4.78 is 0. The number of hydrogen-bond donors (Lipinski definition) is 2. The SMILES string of the molecule is CCN(CC)c1ccc(Nc2cc(C(=O)NCCCN(C)C)ncn2)c(C)c1. The summed E-state index contributed by atoms with van der Waals surface area (Å²) in [4.78, 5) is 25.0. The van der Waals surface area contributed by atoms with Gasteiger partial charge in [0.15, 0.2) is 0 Å². The molecule has 0 saturated heterocycles. The summed E-state index contributed by atoms with van der Waals surface area (Å²) in [7, 11) is 4.03. The van der Waals surface area contributed by atoms with Crippen LogP contribution in [0.3, 0.4) is 0 Å². The van der Waals surface area contributed by atoms with Crippen LogP contribution in [0.1, 0.15) is 36.3 Å². The van der Waals surface area contributed by atoms with Crippen LogP contribution in [0.4, 0.5) is 17.2 Å². The number of rotatable bonds is 10. The molecule has 2 aromatic rings. The van der Waals surface area contributed by atoms with Crippen LogP contribution < -0.4 is 15.5 Å². The predicted molar refractivity (Wildman–Crippen MR) is 116 cm³/mol. The number of carbonyl (C=O) groups excluding carboxylic acids is 1. The lowest BCUT2D eigenvalue weighted by atomic mass is 10.1. The van der Waals surface area contributed by atoms with Crippen molar-refractivity contribution in [2.75, 3.05) is 50.5 Å². The normalized spacial score (nSPS) is 10.8. The maximum Gasteiger partial charge on any atom is 0.270 e. The first-order chi connectivity index (χ1) is 13.4. The number of aryl methyl sites for hydroxylation is 1. The highest BCUT2D eigenvalue weighted by Crippen LogP contribution is 2.25. The summed E-state index contributed by atoms with van der Waals surface area (Å²) >= 11 is 0. The third-order valence-corrected chi connectivity index (χ3v) is 4.57. The third-order valence-electron chi connectivity index (χ3n) is 4.57. The maximum atomic E-state index is 12.3. The molecule has 0 aliphatic rings. The molecular weight excluding hydrogens is 352 g/mol. The molecule has 0 unspecified atom stereocenters. The smallest absolute Gasteiger partial charge is 0.270 e. The molecule has 0 radical (unpaired) electrons. The van der Waals surface area contributed by atoms with Crippen LogP contribution >= 0.6 is 0 Å². The highest BCUT2D eigenvalue weighted by atomic mass is 16.1. The van der Waals surface area contributed by atoms with E-state index in [0.717, 1.165) is 37.3 Å². The van der Waals surface area contributed by atoms with Crippen LogP contribution in [0.25, 0.3) is 0 Å².